The molecule has 0 bridgehead atoms. The Bertz CT molecular complexity index is 1260. The van der Waals surface area contributed by atoms with Gasteiger partial charge in [-0.3, -0.25) is 14.5 Å². The van der Waals surface area contributed by atoms with E-state index < -0.39 is 0 Å². The Kier molecular flexibility index (Phi) is 8.53. The Hall–Kier alpha value is -3.28. The molecule has 0 unspecified atom stereocenters. The molecular weight excluding hydrogens is 526 g/mol. The third-order valence-corrected chi connectivity index (χ3v) is 9.16. The van der Waals surface area contributed by atoms with E-state index in [1.807, 2.05) is 35.2 Å². The molecule has 8 nitrogen and oxygen atoms in total. The number of nitrogens with zero attached hydrogens (tertiary/aromatic N) is 5. The molecule has 9 heteroatoms. The summed E-state index contributed by atoms with van der Waals surface area (Å²) in [6.45, 7) is 10.7. The van der Waals surface area contributed by atoms with Crippen molar-refractivity contribution in [2.75, 3.05) is 68.8 Å². The molecule has 0 aromatic heterocycles. The van der Waals surface area contributed by atoms with Crippen molar-refractivity contribution < 1.29 is 14.3 Å². The van der Waals surface area contributed by atoms with Crippen molar-refractivity contribution in [3.63, 3.8) is 0 Å². The van der Waals surface area contributed by atoms with E-state index >= 15 is 0 Å². The van der Waals surface area contributed by atoms with E-state index in [9.17, 15) is 14.9 Å². The fraction of sp³-hybridized carbons (Fsp3) is 0.516. The zero-order valence-electron chi connectivity index (χ0n) is 23.4. The molecule has 5 rings (SSSR count). The number of ether oxygens (including phenoxy) is 1. The Balaban J connectivity index is 1.12. The maximum absolute atomic E-state index is 13.1. The first-order valence-electron chi connectivity index (χ1n) is 14.2. The minimum absolute atomic E-state index is 0.0757. The van der Waals surface area contributed by atoms with Gasteiger partial charge in [0.1, 0.15) is 12.7 Å². The quantitative estimate of drug-likeness (QED) is 0.481. The Morgan fingerprint density at radius 2 is 1.70 bits per heavy atom. The SMILES string of the molecule is CC(=O)OCCN1CCN(C(=O)c2ccc(N3CCC4(CC3)C[C@H](C)N(c3ccc(C#N)c(Cl)c3)C4)cc2)CC1. The topological polar surface area (TPSA) is 80.1 Å². The standard InChI is InChI=1S/C31H38ClN5O3/c1-23-20-31(22-37(23)28-8-5-26(21-33)29(32)19-28)9-11-35(12-10-31)27-6-3-25(4-7-27)30(39)36-15-13-34(14-16-36)17-18-40-24(2)38/h3-8,19,23H,9-18,20,22H2,1-2H3/t23-/m0/s1. The van der Waals surface area contributed by atoms with Crippen molar-refractivity contribution in [3.8, 4) is 6.07 Å². The minimum Gasteiger partial charge on any atom is -0.465 e. The van der Waals surface area contributed by atoms with E-state index in [1.54, 1.807) is 0 Å². The lowest BCUT2D eigenvalue weighted by Crippen LogP contribution is -2.49. The number of piperazine rings is 1. The molecule has 0 aliphatic carbocycles. The lowest BCUT2D eigenvalue weighted by atomic mass is 9.76. The summed E-state index contributed by atoms with van der Waals surface area (Å²) >= 11 is 6.33. The molecule has 3 saturated heterocycles. The first-order chi connectivity index (χ1) is 19.3. The van der Waals surface area contributed by atoms with Crippen LogP contribution in [0.25, 0.3) is 0 Å². The zero-order chi connectivity index (χ0) is 28.3. The fourth-order valence-corrected chi connectivity index (χ4v) is 6.75. The second-order valence-corrected chi connectivity index (χ2v) is 11.9. The number of piperidine rings is 1. The van der Waals surface area contributed by atoms with Gasteiger partial charge in [0.2, 0.25) is 0 Å². The molecule has 0 saturated carbocycles. The van der Waals surface area contributed by atoms with Gasteiger partial charge in [0, 0.05) is 82.3 Å². The summed E-state index contributed by atoms with van der Waals surface area (Å²) in [7, 11) is 0. The van der Waals surface area contributed by atoms with Gasteiger partial charge in [0.15, 0.2) is 0 Å². The monoisotopic (exact) mass is 563 g/mol. The molecule has 3 heterocycles. The first kappa shape index (κ1) is 28.3. The number of hydrogen-bond donors (Lipinski definition) is 0. The van der Waals surface area contributed by atoms with E-state index in [1.165, 1.54) is 12.6 Å². The molecule has 1 spiro atoms. The van der Waals surface area contributed by atoms with Gasteiger partial charge in [-0.1, -0.05) is 11.6 Å². The van der Waals surface area contributed by atoms with Crippen LogP contribution in [-0.4, -0.2) is 86.7 Å². The van der Waals surface area contributed by atoms with Gasteiger partial charge in [-0.25, -0.2) is 0 Å². The maximum Gasteiger partial charge on any atom is 0.302 e. The maximum atomic E-state index is 13.1. The number of carbonyl (C=O) groups is 2. The highest BCUT2D eigenvalue weighted by Crippen LogP contribution is 2.46. The van der Waals surface area contributed by atoms with Crippen molar-refractivity contribution in [1.82, 2.24) is 9.80 Å². The van der Waals surface area contributed by atoms with Crippen molar-refractivity contribution >= 4 is 34.9 Å². The van der Waals surface area contributed by atoms with Crippen molar-refractivity contribution in [3.05, 3.63) is 58.6 Å². The lowest BCUT2D eigenvalue weighted by Gasteiger charge is -2.40. The van der Waals surface area contributed by atoms with Crippen LogP contribution in [0.5, 0.6) is 0 Å². The van der Waals surface area contributed by atoms with E-state index in [-0.39, 0.29) is 17.3 Å². The van der Waals surface area contributed by atoms with Crippen molar-refractivity contribution in [2.45, 2.75) is 39.2 Å². The van der Waals surface area contributed by atoms with Gasteiger partial charge in [0.05, 0.1) is 10.6 Å². The molecule has 212 valence electrons. The molecule has 3 aliphatic heterocycles. The number of halogens is 1. The number of anilines is 2. The number of hydrogen-bond acceptors (Lipinski definition) is 7. The molecule has 0 radical (unpaired) electrons. The van der Waals surface area contributed by atoms with Gasteiger partial charge in [-0.2, -0.15) is 5.26 Å². The zero-order valence-corrected chi connectivity index (χ0v) is 24.2. The number of amides is 1. The number of benzene rings is 2. The minimum atomic E-state index is -0.258. The number of nitriles is 1. The third kappa shape index (κ3) is 6.21. The van der Waals surface area contributed by atoms with E-state index in [2.05, 4.69) is 39.8 Å². The van der Waals surface area contributed by atoms with Crippen LogP contribution in [-0.2, 0) is 9.53 Å². The molecular formula is C31H38ClN5O3. The van der Waals surface area contributed by atoms with Crippen LogP contribution in [0.1, 0.15) is 49.0 Å². The van der Waals surface area contributed by atoms with Crippen LogP contribution in [0.2, 0.25) is 5.02 Å². The normalized spacial score (nSPS) is 20.9. The molecule has 0 N–H and O–H groups in total. The highest BCUT2D eigenvalue weighted by atomic mass is 35.5. The first-order valence-corrected chi connectivity index (χ1v) is 14.6. The van der Waals surface area contributed by atoms with Crippen molar-refractivity contribution in [2.24, 2.45) is 5.41 Å². The van der Waals surface area contributed by atoms with Crippen LogP contribution in [0, 0.1) is 16.7 Å². The second kappa shape index (κ2) is 12.1. The predicted molar refractivity (Wildman–Crippen MR) is 157 cm³/mol. The third-order valence-electron chi connectivity index (χ3n) is 8.85. The molecule has 2 aromatic carbocycles. The Morgan fingerprint density at radius 3 is 2.33 bits per heavy atom. The molecule has 3 aliphatic rings. The van der Waals surface area contributed by atoms with E-state index in [0.717, 1.165) is 63.2 Å². The lowest BCUT2D eigenvalue weighted by molar-refractivity contribution is -0.141. The molecule has 40 heavy (non-hydrogen) atoms. The molecule has 3 fully saturated rings. The van der Waals surface area contributed by atoms with Gasteiger partial charge in [0.25, 0.3) is 5.91 Å². The molecule has 2 aromatic rings. The van der Waals surface area contributed by atoms with Gasteiger partial charge in [-0.15, -0.1) is 0 Å². The largest absolute Gasteiger partial charge is 0.465 e. The second-order valence-electron chi connectivity index (χ2n) is 11.5. The van der Waals surface area contributed by atoms with E-state index in [0.29, 0.717) is 42.9 Å². The van der Waals surface area contributed by atoms with Gasteiger partial charge in [-0.05, 0) is 74.1 Å². The summed E-state index contributed by atoms with van der Waals surface area (Å²) in [5.41, 5.74) is 3.80. The van der Waals surface area contributed by atoms with Gasteiger partial charge < -0.3 is 19.4 Å². The summed E-state index contributed by atoms with van der Waals surface area (Å²) in [6, 6.07) is 16.4. The Morgan fingerprint density at radius 1 is 1.02 bits per heavy atom. The van der Waals surface area contributed by atoms with Crippen LogP contribution in [0.3, 0.4) is 0 Å². The highest BCUT2D eigenvalue weighted by molar-refractivity contribution is 6.32. The number of carbonyl (C=O) groups excluding carboxylic acids is 2. The van der Waals surface area contributed by atoms with Crippen LogP contribution >= 0.6 is 11.6 Å². The molecule has 1 atom stereocenters. The average molecular weight is 564 g/mol. The number of rotatable bonds is 6. The summed E-state index contributed by atoms with van der Waals surface area (Å²) in [6.07, 6.45) is 3.41. The predicted octanol–water partition coefficient (Wildman–Crippen LogP) is 4.42. The van der Waals surface area contributed by atoms with Crippen LogP contribution < -0.4 is 9.80 Å². The smallest absolute Gasteiger partial charge is 0.302 e. The van der Waals surface area contributed by atoms with Gasteiger partial charge >= 0.3 is 5.97 Å². The summed E-state index contributed by atoms with van der Waals surface area (Å²) < 4.78 is 5.03. The summed E-state index contributed by atoms with van der Waals surface area (Å²) in [5, 5.41) is 9.72. The van der Waals surface area contributed by atoms with Crippen LogP contribution in [0.4, 0.5) is 11.4 Å². The van der Waals surface area contributed by atoms with Crippen molar-refractivity contribution in [1.29, 1.82) is 5.26 Å². The van der Waals surface area contributed by atoms with E-state index in [4.69, 9.17) is 16.3 Å². The summed E-state index contributed by atoms with van der Waals surface area (Å²) in [5.74, 6) is -0.182. The van der Waals surface area contributed by atoms with Crippen LogP contribution in [0.15, 0.2) is 42.5 Å². The fourth-order valence-electron chi connectivity index (χ4n) is 6.53. The summed E-state index contributed by atoms with van der Waals surface area (Å²) in [4.78, 5) is 33.1. The highest BCUT2D eigenvalue weighted by Gasteiger charge is 2.44. The average Bonchev–Trinajstić information content (AvgIpc) is 3.28. The number of esters is 1. The Labute approximate surface area is 242 Å². The molecule has 1 amide bonds.